The third-order valence-corrected chi connectivity index (χ3v) is 5.34. The van der Waals surface area contributed by atoms with E-state index in [2.05, 4.69) is 22.5 Å². The standard InChI is InChI=1S/C22H29N3O3/c1-16-9-10-18(15-19(16)24-22(27)20-8-5-14-28-20)21(26)23-11-6-13-25-12-4-3-7-17(25)2/h5,8-10,14-15,17H,3-4,6-7,11-13H2,1-2H3,(H,23,26)(H,24,27). The van der Waals surface area contributed by atoms with E-state index in [1.54, 1.807) is 24.3 Å². The smallest absolute Gasteiger partial charge is 0.291 e. The van der Waals surface area contributed by atoms with Crippen molar-refractivity contribution in [2.75, 3.05) is 25.0 Å². The van der Waals surface area contributed by atoms with E-state index < -0.39 is 0 Å². The lowest BCUT2D eigenvalue weighted by molar-refractivity contribution is 0.0947. The molecule has 3 rings (SSSR count). The lowest BCUT2D eigenvalue weighted by Gasteiger charge is -2.33. The summed E-state index contributed by atoms with van der Waals surface area (Å²) < 4.78 is 5.11. The highest BCUT2D eigenvalue weighted by Crippen LogP contribution is 2.19. The zero-order valence-electron chi connectivity index (χ0n) is 16.7. The number of piperidine rings is 1. The zero-order valence-corrected chi connectivity index (χ0v) is 16.7. The molecule has 6 nitrogen and oxygen atoms in total. The molecule has 1 aromatic heterocycles. The highest BCUT2D eigenvalue weighted by molar-refractivity contribution is 6.03. The Kier molecular flexibility index (Phi) is 6.87. The van der Waals surface area contributed by atoms with Gasteiger partial charge in [0, 0.05) is 30.4 Å². The van der Waals surface area contributed by atoms with E-state index in [4.69, 9.17) is 4.42 Å². The van der Waals surface area contributed by atoms with E-state index >= 15 is 0 Å². The summed E-state index contributed by atoms with van der Waals surface area (Å²) in [6, 6.07) is 9.22. The summed E-state index contributed by atoms with van der Waals surface area (Å²) in [7, 11) is 0. The molecule has 2 N–H and O–H groups in total. The summed E-state index contributed by atoms with van der Waals surface area (Å²) in [5.74, 6) is -0.220. The van der Waals surface area contributed by atoms with Gasteiger partial charge in [0.2, 0.25) is 0 Å². The maximum Gasteiger partial charge on any atom is 0.291 e. The van der Waals surface area contributed by atoms with Gasteiger partial charge in [0.15, 0.2) is 5.76 Å². The number of carbonyl (C=O) groups excluding carboxylic acids is 2. The molecule has 2 heterocycles. The number of carbonyl (C=O) groups is 2. The van der Waals surface area contributed by atoms with Crippen LogP contribution in [0, 0.1) is 6.92 Å². The highest BCUT2D eigenvalue weighted by atomic mass is 16.3. The molecule has 150 valence electrons. The fourth-order valence-corrected chi connectivity index (χ4v) is 3.57. The summed E-state index contributed by atoms with van der Waals surface area (Å²) in [6.07, 6.45) is 6.25. The van der Waals surface area contributed by atoms with Gasteiger partial charge in [-0.25, -0.2) is 0 Å². The summed E-state index contributed by atoms with van der Waals surface area (Å²) in [5, 5.41) is 5.79. The quantitative estimate of drug-likeness (QED) is 0.713. The van der Waals surface area contributed by atoms with E-state index in [1.165, 1.54) is 25.5 Å². The van der Waals surface area contributed by atoms with Crippen molar-refractivity contribution in [1.29, 1.82) is 0 Å². The number of rotatable bonds is 7. The number of nitrogens with one attached hydrogen (secondary N) is 2. The molecule has 1 aliphatic heterocycles. The van der Waals surface area contributed by atoms with Crippen molar-refractivity contribution in [3.05, 3.63) is 53.5 Å². The van der Waals surface area contributed by atoms with Crippen molar-refractivity contribution in [1.82, 2.24) is 10.2 Å². The summed E-state index contributed by atoms with van der Waals surface area (Å²) >= 11 is 0. The van der Waals surface area contributed by atoms with Crippen LogP contribution in [0.3, 0.4) is 0 Å². The van der Waals surface area contributed by atoms with Crippen LogP contribution in [0.15, 0.2) is 41.0 Å². The Balaban J connectivity index is 1.51. The summed E-state index contributed by atoms with van der Waals surface area (Å²) in [5.41, 5.74) is 2.03. The number of furan rings is 1. The normalized spacial score (nSPS) is 17.3. The van der Waals surface area contributed by atoms with Crippen LogP contribution in [0.4, 0.5) is 5.69 Å². The van der Waals surface area contributed by atoms with Gasteiger partial charge < -0.3 is 20.0 Å². The molecule has 2 aromatic rings. The van der Waals surface area contributed by atoms with Crippen molar-refractivity contribution >= 4 is 17.5 Å². The second-order valence-corrected chi connectivity index (χ2v) is 7.45. The number of amides is 2. The predicted octanol–water partition coefficient (Wildman–Crippen LogP) is 3.83. The minimum absolute atomic E-state index is 0.125. The van der Waals surface area contributed by atoms with Crippen LogP contribution in [-0.2, 0) is 0 Å². The van der Waals surface area contributed by atoms with Crippen LogP contribution in [0.1, 0.15) is 59.1 Å². The van der Waals surface area contributed by atoms with Gasteiger partial charge in [-0.3, -0.25) is 9.59 Å². The van der Waals surface area contributed by atoms with Gasteiger partial charge in [-0.1, -0.05) is 12.5 Å². The number of anilines is 1. The number of hydrogen-bond acceptors (Lipinski definition) is 4. The van der Waals surface area contributed by atoms with E-state index in [1.807, 2.05) is 13.0 Å². The first-order valence-electron chi connectivity index (χ1n) is 10.0. The monoisotopic (exact) mass is 383 g/mol. The average molecular weight is 383 g/mol. The van der Waals surface area contributed by atoms with Gasteiger partial charge >= 0.3 is 0 Å². The van der Waals surface area contributed by atoms with Gasteiger partial charge in [-0.15, -0.1) is 0 Å². The number of hydrogen-bond donors (Lipinski definition) is 2. The van der Waals surface area contributed by atoms with Crippen LogP contribution in [0.5, 0.6) is 0 Å². The molecular formula is C22H29N3O3. The number of benzene rings is 1. The van der Waals surface area contributed by atoms with E-state index in [0.29, 0.717) is 23.8 Å². The first-order chi connectivity index (χ1) is 13.5. The van der Waals surface area contributed by atoms with Gasteiger partial charge in [0.05, 0.1) is 6.26 Å². The third kappa shape index (κ3) is 5.23. The zero-order chi connectivity index (χ0) is 19.9. The average Bonchev–Trinajstić information content (AvgIpc) is 3.23. The molecule has 0 radical (unpaired) electrons. The molecule has 6 heteroatoms. The molecule has 1 aliphatic rings. The summed E-state index contributed by atoms with van der Waals surface area (Å²) in [6.45, 7) is 6.98. The lowest BCUT2D eigenvalue weighted by atomic mass is 10.0. The molecular weight excluding hydrogens is 354 g/mol. The Hall–Kier alpha value is -2.60. The fraction of sp³-hybridized carbons (Fsp3) is 0.455. The molecule has 0 bridgehead atoms. The van der Waals surface area contributed by atoms with Crippen molar-refractivity contribution < 1.29 is 14.0 Å². The third-order valence-electron chi connectivity index (χ3n) is 5.34. The minimum Gasteiger partial charge on any atom is -0.459 e. The fourth-order valence-electron chi connectivity index (χ4n) is 3.57. The van der Waals surface area contributed by atoms with Gasteiger partial charge in [-0.2, -0.15) is 0 Å². The van der Waals surface area contributed by atoms with Crippen LogP contribution >= 0.6 is 0 Å². The largest absolute Gasteiger partial charge is 0.459 e. The van der Waals surface area contributed by atoms with E-state index in [9.17, 15) is 9.59 Å². The van der Waals surface area contributed by atoms with Crippen LogP contribution in [0.2, 0.25) is 0 Å². The molecule has 1 aromatic carbocycles. The first-order valence-corrected chi connectivity index (χ1v) is 10.0. The molecule has 2 amide bonds. The molecule has 0 aliphatic carbocycles. The molecule has 0 saturated carbocycles. The Morgan fingerprint density at radius 1 is 1.21 bits per heavy atom. The SMILES string of the molecule is Cc1ccc(C(=O)NCCCN2CCCCC2C)cc1NC(=O)c1ccco1. The Morgan fingerprint density at radius 3 is 2.82 bits per heavy atom. The van der Waals surface area contributed by atoms with Crippen LogP contribution in [0.25, 0.3) is 0 Å². The lowest BCUT2D eigenvalue weighted by Crippen LogP contribution is -2.39. The Morgan fingerprint density at radius 2 is 2.07 bits per heavy atom. The minimum atomic E-state index is -0.332. The molecule has 1 atom stereocenters. The van der Waals surface area contributed by atoms with Crippen molar-refractivity contribution in [2.24, 2.45) is 0 Å². The molecule has 1 saturated heterocycles. The van der Waals surface area contributed by atoms with E-state index in [-0.39, 0.29) is 17.6 Å². The molecule has 28 heavy (non-hydrogen) atoms. The second-order valence-electron chi connectivity index (χ2n) is 7.45. The second kappa shape index (κ2) is 9.55. The topological polar surface area (TPSA) is 74.6 Å². The van der Waals surface area contributed by atoms with Gasteiger partial charge in [-0.05, 0) is 69.5 Å². The number of likely N-dealkylation sites (tertiary alicyclic amines) is 1. The first kappa shape index (κ1) is 20.1. The van der Waals surface area contributed by atoms with Gasteiger partial charge in [0.25, 0.3) is 11.8 Å². The van der Waals surface area contributed by atoms with E-state index in [0.717, 1.165) is 25.1 Å². The predicted molar refractivity (Wildman–Crippen MR) is 110 cm³/mol. The molecule has 1 fully saturated rings. The number of nitrogens with zero attached hydrogens (tertiary/aromatic N) is 1. The van der Waals surface area contributed by atoms with Crippen LogP contribution < -0.4 is 10.6 Å². The van der Waals surface area contributed by atoms with Crippen LogP contribution in [-0.4, -0.2) is 42.4 Å². The molecule has 1 unspecified atom stereocenters. The summed E-state index contributed by atoms with van der Waals surface area (Å²) in [4.78, 5) is 27.2. The van der Waals surface area contributed by atoms with Crippen molar-refractivity contribution in [2.45, 2.75) is 45.6 Å². The Bertz CT molecular complexity index is 801. The maximum atomic E-state index is 12.5. The van der Waals surface area contributed by atoms with Crippen molar-refractivity contribution in [3.8, 4) is 0 Å². The Labute approximate surface area is 166 Å². The van der Waals surface area contributed by atoms with Crippen molar-refractivity contribution in [3.63, 3.8) is 0 Å². The number of aryl methyl sites for hydroxylation is 1. The maximum absolute atomic E-state index is 12.5. The van der Waals surface area contributed by atoms with Gasteiger partial charge in [0.1, 0.15) is 0 Å². The highest BCUT2D eigenvalue weighted by Gasteiger charge is 2.17. The molecule has 0 spiro atoms.